The van der Waals surface area contributed by atoms with E-state index in [0.717, 1.165) is 5.69 Å². The molecule has 2 aliphatic carbocycles. The van der Waals surface area contributed by atoms with Crippen molar-refractivity contribution in [3.63, 3.8) is 0 Å². The van der Waals surface area contributed by atoms with Crippen molar-refractivity contribution in [3.05, 3.63) is 138 Å². The zero-order chi connectivity index (χ0) is 22.9. The predicted molar refractivity (Wildman–Crippen MR) is 142 cm³/mol. The van der Waals surface area contributed by atoms with Crippen LogP contribution in [0.4, 0.5) is 5.69 Å². The third-order valence-corrected chi connectivity index (χ3v) is 8.07. The van der Waals surface area contributed by atoms with Gasteiger partial charge in [0.2, 0.25) is 0 Å². The van der Waals surface area contributed by atoms with Crippen molar-refractivity contribution >= 4 is 38.7 Å². The first-order valence-corrected chi connectivity index (χ1v) is 12.6. The quantitative estimate of drug-likeness (QED) is 0.261. The number of hydrogen-bond donors (Lipinski definition) is 0. The largest absolute Gasteiger partial charge is 0.587 e. The molecule has 0 N–H and O–H groups in total. The lowest BCUT2D eigenvalue weighted by molar-refractivity contribution is 0.794. The highest BCUT2D eigenvalue weighted by atomic mass is 27.1. The lowest BCUT2D eigenvalue weighted by Gasteiger charge is -2.30. The predicted octanol–water partition coefficient (Wildman–Crippen LogP) is 6.67. The molecule has 0 heterocycles. The maximum absolute atomic E-state index is 2.73. The van der Waals surface area contributed by atoms with Gasteiger partial charge in [-0.05, 0) is 73.5 Å². The molecule has 0 atom stereocenters. The van der Waals surface area contributed by atoms with Gasteiger partial charge in [0.05, 0.1) is 5.41 Å². The van der Waals surface area contributed by atoms with Crippen LogP contribution in [0, 0.1) is 0 Å². The Hall–Kier alpha value is -3.04. The molecule has 0 unspecified atom stereocenters. The first-order valence-electron chi connectivity index (χ1n) is 11.5. The fourth-order valence-electron chi connectivity index (χ4n) is 6.22. The summed E-state index contributed by atoms with van der Waals surface area (Å²) >= 11 is 5.46. The summed E-state index contributed by atoms with van der Waals surface area (Å²) in [5.74, 6) is 0. The SMILES string of the molecule is [Al][N]([Al])c1cccc(-c2cccc3c2-c2ccccc2C32c3ccccc3-c3ccccc32)c1. The van der Waals surface area contributed by atoms with E-state index in [0.29, 0.717) is 0 Å². The summed E-state index contributed by atoms with van der Waals surface area (Å²) in [6.45, 7) is 0. The summed E-state index contributed by atoms with van der Waals surface area (Å²) in [6, 6.07) is 42.5. The van der Waals surface area contributed by atoms with Crippen molar-refractivity contribution in [2.45, 2.75) is 5.41 Å². The fraction of sp³-hybridized carbons (Fsp3) is 0.0323. The van der Waals surface area contributed by atoms with Gasteiger partial charge < -0.3 is 2.87 Å². The zero-order valence-corrected chi connectivity index (χ0v) is 20.9. The molecule has 0 saturated carbocycles. The van der Waals surface area contributed by atoms with E-state index < -0.39 is 0 Å². The molecular weight excluding hydrogens is 440 g/mol. The van der Waals surface area contributed by atoms with Crippen LogP contribution >= 0.6 is 0 Å². The smallest absolute Gasteiger partial charge is 0.277 e. The van der Waals surface area contributed by atoms with E-state index in [4.69, 9.17) is 0 Å². The summed E-state index contributed by atoms with van der Waals surface area (Å²) in [7, 11) is 0. The molecule has 0 amide bonds. The van der Waals surface area contributed by atoms with Crippen molar-refractivity contribution < 1.29 is 0 Å². The fourth-order valence-corrected chi connectivity index (χ4v) is 6.54. The first-order chi connectivity index (χ1) is 16.7. The van der Waals surface area contributed by atoms with Crippen LogP contribution in [0.5, 0.6) is 0 Å². The highest BCUT2D eigenvalue weighted by molar-refractivity contribution is 6.41. The minimum absolute atomic E-state index is 0.292. The molecule has 7 rings (SSSR count). The number of hydrogen-bond acceptors (Lipinski definition) is 1. The van der Waals surface area contributed by atoms with Crippen molar-refractivity contribution in [1.82, 2.24) is 0 Å². The maximum atomic E-state index is 2.73. The summed E-state index contributed by atoms with van der Waals surface area (Å²) in [5.41, 5.74) is 14.3. The lowest BCUT2D eigenvalue weighted by atomic mass is 9.70. The summed E-state index contributed by atoms with van der Waals surface area (Å²) < 4.78 is 2.01. The molecule has 3 heteroatoms. The van der Waals surface area contributed by atoms with Crippen LogP contribution in [0.2, 0.25) is 0 Å². The highest BCUT2D eigenvalue weighted by Gasteiger charge is 2.51. The number of rotatable bonds is 2. The topological polar surface area (TPSA) is 3.24 Å². The van der Waals surface area contributed by atoms with E-state index in [-0.39, 0.29) is 5.41 Å². The summed E-state index contributed by atoms with van der Waals surface area (Å²) in [5, 5.41) is 0. The first kappa shape index (κ1) is 20.3. The Kier molecular flexibility index (Phi) is 4.48. The van der Waals surface area contributed by atoms with Gasteiger partial charge in [-0.15, -0.1) is 0 Å². The minimum atomic E-state index is -0.292. The van der Waals surface area contributed by atoms with Crippen molar-refractivity contribution in [1.29, 1.82) is 0 Å². The van der Waals surface area contributed by atoms with E-state index >= 15 is 0 Å². The molecule has 5 aromatic rings. The highest BCUT2D eigenvalue weighted by Crippen LogP contribution is 2.63. The van der Waals surface area contributed by atoms with E-state index in [1.807, 2.05) is 2.87 Å². The van der Waals surface area contributed by atoms with Crippen molar-refractivity contribution in [3.8, 4) is 33.4 Å². The molecule has 0 aliphatic heterocycles. The van der Waals surface area contributed by atoms with Crippen LogP contribution in [0.25, 0.3) is 33.4 Å². The zero-order valence-electron chi connectivity index (χ0n) is 18.6. The second-order valence-electron chi connectivity index (χ2n) is 9.07. The van der Waals surface area contributed by atoms with Gasteiger partial charge >= 0.3 is 0 Å². The lowest BCUT2D eigenvalue weighted by Crippen LogP contribution is -2.25. The molecule has 1 nitrogen and oxygen atoms in total. The van der Waals surface area contributed by atoms with Gasteiger partial charge in [0.15, 0.2) is 0 Å². The third kappa shape index (κ3) is 2.57. The van der Waals surface area contributed by atoms with E-state index in [2.05, 4.69) is 148 Å². The Morgan fingerprint density at radius 2 is 0.971 bits per heavy atom. The standard InChI is InChI=1S/C31H19N.2Al/c32-21-10-7-9-20(19-21)22-14-8-18-29-30(22)25-13-3-6-17-28(25)31(29)26-15-4-1-11-23(26)24-12-2-5-16-27(24)31;;/h1-19H;;. The molecular formula is C31H19Al2N. The van der Waals surface area contributed by atoms with E-state index in [9.17, 15) is 0 Å². The van der Waals surface area contributed by atoms with Gasteiger partial charge in [-0.2, -0.15) is 0 Å². The van der Waals surface area contributed by atoms with Gasteiger partial charge in [0.25, 0.3) is 33.0 Å². The summed E-state index contributed by atoms with van der Waals surface area (Å²) in [4.78, 5) is 0. The number of anilines is 1. The number of nitrogens with zero attached hydrogens (tertiary/aromatic N) is 1. The van der Waals surface area contributed by atoms with Crippen LogP contribution in [0.15, 0.2) is 115 Å². The third-order valence-electron chi connectivity index (χ3n) is 7.48. The normalized spacial score (nSPS) is 13.8. The van der Waals surface area contributed by atoms with Crippen LogP contribution in [-0.2, 0) is 5.41 Å². The molecule has 0 saturated heterocycles. The molecule has 0 aromatic heterocycles. The number of benzene rings is 5. The Balaban J connectivity index is 1.62. The average molecular weight is 459 g/mol. The van der Waals surface area contributed by atoms with Crippen molar-refractivity contribution in [2.24, 2.45) is 0 Å². The van der Waals surface area contributed by atoms with E-state index in [1.165, 1.54) is 55.6 Å². The molecule has 4 radical (unpaired) electrons. The average Bonchev–Trinajstić information content (AvgIpc) is 3.36. The maximum Gasteiger partial charge on any atom is 0.277 e. The van der Waals surface area contributed by atoms with Crippen LogP contribution in [0.1, 0.15) is 22.3 Å². The molecule has 5 aromatic carbocycles. The molecule has 0 fully saturated rings. The molecule has 34 heavy (non-hydrogen) atoms. The monoisotopic (exact) mass is 459 g/mol. The Labute approximate surface area is 217 Å². The van der Waals surface area contributed by atoms with Gasteiger partial charge in [0.1, 0.15) is 0 Å². The Bertz CT molecular complexity index is 1560. The van der Waals surface area contributed by atoms with E-state index in [1.54, 1.807) is 0 Å². The Morgan fingerprint density at radius 1 is 0.471 bits per heavy atom. The summed E-state index contributed by atoms with van der Waals surface area (Å²) in [6.07, 6.45) is 0. The van der Waals surface area contributed by atoms with Gasteiger partial charge in [0, 0.05) is 0 Å². The molecule has 0 bridgehead atoms. The van der Waals surface area contributed by atoms with Crippen LogP contribution < -0.4 is 2.87 Å². The molecule has 1 spiro atoms. The van der Waals surface area contributed by atoms with Crippen LogP contribution in [-0.4, -0.2) is 33.0 Å². The van der Waals surface area contributed by atoms with Crippen molar-refractivity contribution in [2.75, 3.05) is 2.87 Å². The minimum Gasteiger partial charge on any atom is -0.587 e. The van der Waals surface area contributed by atoms with Gasteiger partial charge in [-0.1, -0.05) is 103 Å². The van der Waals surface area contributed by atoms with Gasteiger partial charge in [-0.3, -0.25) is 0 Å². The number of fused-ring (bicyclic) bond motifs is 10. The molecule has 2 aliphatic rings. The Morgan fingerprint density at radius 3 is 1.62 bits per heavy atom. The second-order valence-corrected chi connectivity index (χ2v) is 10.8. The molecule has 154 valence electrons. The second kappa shape index (κ2) is 7.48. The van der Waals surface area contributed by atoms with Gasteiger partial charge in [-0.25, -0.2) is 0 Å². The van der Waals surface area contributed by atoms with Crippen LogP contribution in [0.3, 0.4) is 0 Å².